The molecule has 29 heavy (non-hydrogen) atoms. The smallest absolute Gasteiger partial charge is 0.271 e. The topological polar surface area (TPSA) is 81.6 Å². The number of hydrazone groups is 1. The summed E-state index contributed by atoms with van der Waals surface area (Å²) in [5, 5.41) is 4.04. The maximum absolute atomic E-state index is 12.4. The van der Waals surface area contributed by atoms with Crippen LogP contribution < -0.4 is 24.5 Å². The molecule has 0 unspecified atom stereocenters. The Bertz CT molecular complexity index is 836. The van der Waals surface area contributed by atoms with Gasteiger partial charge in [-0.1, -0.05) is 12.1 Å². The molecule has 1 aliphatic heterocycles. The molecular weight excluding hydrogens is 374 g/mol. The largest absolute Gasteiger partial charge is 0.493 e. The van der Waals surface area contributed by atoms with Crippen molar-refractivity contribution in [1.82, 2.24) is 5.43 Å². The molecule has 1 aliphatic rings. The molecule has 0 aliphatic carbocycles. The van der Waals surface area contributed by atoms with Crippen LogP contribution in [0, 0.1) is 0 Å². The Morgan fingerprint density at radius 2 is 1.66 bits per heavy atom. The van der Waals surface area contributed by atoms with Crippen molar-refractivity contribution in [1.29, 1.82) is 0 Å². The summed E-state index contributed by atoms with van der Waals surface area (Å²) in [6.07, 6.45) is 1.60. The number of anilines is 1. The number of hydrogen-bond donors (Lipinski definition) is 1. The van der Waals surface area contributed by atoms with Crippen LogP contribution in [0.3, 0.4) is 0 Å². The Morgan fingerprint density at radius 1 is 1.03 bits per heavy atom. The van der Waals surface area contributed by atoms with Crippen LogP contribution in [-0.2, 0) is 4.74 Å². The van der Waals surface area contributed by atoms with E-state index in [2.05, 4.69) is 15.4 Å². The molecule has 8 nitrogen and oxygen atoms in total. The van der Waals surface area contributed by atoms with Gasteiger partial charge in [0.05, 0.1) is 40.8 Å². The Balaban J connectivity index is 1.65. The first-order valence-electron chi connectivity index (χ1n) is 9.22. The van der Waals surface area contributed by atoms with Crippen LogP contribution in [-0.4, -0.2) is 59.8 Å². The first-order valence-corrected chi connectivity index (χ1v) is 9.22. The molecule has 1 N–H and O–H groups in total. The number of carbonyl (C=O) groups excluding carboxylic acids is 1. The standard InChI is InChI=1S/C21H25N3O5/c1-26-18-12-16(13-19(27-2)20(18)28-3)21(25)23-22-14-15-4-6-17(7-5-15)24-8-10-29-11-9-24/h4-7,12-14H,8-11H2,1-3H3,(H,23,25)/b22-14-. The van der Waals surface area contributed by atoms with Gasteiger partial charge in [-0.3, -0.25) is 4.79 Å². The predicted molar refractivity (Wildman–Crippen MR) is 111 cm³/mol. The summed E-state index contributed by atoms with van der Waals surface area (Å²) in [6.45, 7) is 3.27. The maximum Gasteiger partial charge on any atom is 0.271 e. The van der Waals surface area contributed by atoms with Gasteiger partial charge in [0.15, 0.2) is 11.5 Å². The first kappa shape index (κ1) is 20.5. The van der Waals surface area contributed by atoms with Crippen molar-refractivity contribution in [2.75, 3.05) is 52.5 Å². The van der Waals surface area contributed by atoms with E-state index < -0.39 is 0 Å². The third kappa shape index (κ3) is 4.97. The van der Waals surface area contributed by atoms with E-state index in [0.29, 0.717) is 22.8 Å². The van der Waals surface area contributed by atoms with Crippen molar-refractivity contribution in [2.24, 2.45) is 5.10 Å². The zero-order valence-corrected chi connectivity index (χ0v) is 16.8. The molecule has 0 spiro atoms. The zero-order valence-electron chi connectivity index (χ0n) is 16.8. The van der Waals surface area contributed by atoms with Gasteiger partial charge in [-0.2, -0.15) is 5.10 Å². The van der Waals surface area contributed by atoms with Crippen molar-refractivity contribution in [3.63, 3.8) is 0 Å². The summed E-state index contributed by atoms with van der Waals surface area (Å²) in [5.74, 6) is 0.847. The molecule has 1 fully saturated rings. The SMILES string of the molecule is COc1cc(C(=O)N/N=C\c2ccc(N3CCOCC3)cc2)cc(OC)c1OC. The Hall–Kier alpha value is -3.26. The number of carbonyl (C=O) groups is 1. The quantitative estimate of drug-likeness (QED) is 0.568. The first-order chi connectivity index (χ1) is 14.2. The molecule has 1 heterocycles. The third-order valence-corrected chi connectivity index (χ3v) is 4.58. The molecule has 1 amide bonds. The summed E-state index contributed by atoms with van der Waals surface area (Å²) in [4.78, 5) is 14.7. The molecule has 154 valence electrons. The molecule has 0 radical (unpaired) electrons. The average molecular weight is 399 g/mol. The molecule has 1 saturated heterocycles. The number of amides is 1. The summed E-state index contributed by atoms with van der Waals surface area (Å²) in [7, 11) is 4.50. The lowest BCUT2D eigenvalue weighted by Gasteiger charge is -2.28. The summed E-state index contributed by atoms with van der Waals surface area (Å²) in [6, 6.07) is 11.1. The number of methoxy groups -OCH3 is 3. The number of rotatable bonds is 7. The van der Waals surface area contributed by atoms with Crippen LogP contribution in [0.25, 0.3) is 0 Å². The Kier molecular flexibility index (Phi) is 6.91. The summed E-state index contributed by atoms with van der Waals surface area (Å²) >= 11 is 0. The van der Waals surface area contributed by atoms with Gasteiger partial charge in [0, 0.05) is 24.3 Å². The van der Waals surface area contributed by atoms with Gasteiger partial charge in [-0.15, -0.1) is 0 Å². The van der Waals surface area contributed by atoms with Gasteiger partial charge in [-0.05, 0) is 29.8 Å². The van der Waals surface area contributed by atoms with Crippen LogP contribution in [0.1, 0.15) is 15.9 Å². The van der Waals surface area contributed by atoms with Crippen LogP contribution in [0.2, 0.25) is 0 Å². The minimum absolute atomic E-state index is 0.347. The molecule has 0 aromatic heterocycles. The van der Waals surface area contributed by atoms with E-state index in [1.165, 1.54) is 21.3 Å². The highest BCUT2D eigenvalue weighted by molar-refractivity contribution is 5.96. The monoisotopic (exact) mass is 399 g/mol. The summed E-state index contributed by atoms with van der Waals surface area (Å²) < 4.78 is 21.2. The highest BCUT2D eigenvalue weighted by atomic mass is 16.5. The lowest BCUT2D eigenvalue weighted by atomic mass is 10.1. The molecule has 2 aromatic rings. The van der Waals surface area contributed by atoms with E-state index in [4.69, 9.17) is 18.9 Å². The minimum Gasteiger partial charge on any atom is -0.493 e. The minimum atomic E-state index is -0.384. The van der Waals surface area contributed by atoms with Gasteiger partial charge >= 0.3 is 0 Å². The van der Waals surface area contributed by atoms with E-state index in [-0.39, 0.29) is 5.91 Å². The van der Waals surface area contributed by atoms with Gasteiger partial charge < -0.3 is 23.8 Å². The van der Waals surface area contributed by atoms with Crippen molar-refractivity contribution in [2.45, 2.75) is 0 Å². The second-order valence-corrected chi connectivity index (χ2v) is 6.30. The summed E-state index contributed by atoms with van der Waals surface area (Å²) in [5.41, 5.74) is 4.89. The van der Waals surface area contributed by atoms with Crippen molar-refractivity contribution in [3.05, 3.63) is 47.5 Å². The van der Waals surface area contributed by atoms with E-state index in [0.717, 1.165) is 37.6 Å². The second kappa shape index (κ2) is 9.79. The van der Waals surface area contributed by atoms with Gasteiger partial charge in [0.2, 0.25) is 5.75 Å². The number of ether oxygens (including phenoxy) is 4. The lowest BCUT2D eigenvalue weighted by molar-refractivity contribution is 0.0954. The van der Waals surface area contributed by atoms with Gasteiger partial charge in [-0.25, -0.2) is 5.43 Å². The fourth-order valence-corrected chi connectivity index (χ4v) is 3.03. The maximum atomic E-state index is 12.4. The fraction of sp³-hybridized carbons (Fsp3) is 0.333. The van der Waals surface area contributed by atoms with Gasteiger partial charge in [0.25, 0.3) is 5.91 Å². The third-order valence-electron chi connectivity index (χ3n) is 4.58. The number of hydrogen-bond acceptors (Lipinski definition) is 7. The molecule has 0 atom stereocenters. The van der Waals surface area contributed by atoms with Crippen molar-refractivity contribution < 1.29 is 23.7 Å². The van der Waals surface area contributed by atoms with E-state index in [1.54, 1.807) is 18.3 Å². The highest BCUT2D eigenvalue weighted by Gasteiger charge is 2.16. The number of nitrogens with one attached hydrogen (secondary N) is 1. The van der Waals surface area contributed by atoms with Crippen molar-refractivity contribution in [3.8, 4) is 17.2 Å². The van der Waals surface area contributed by atoms with E-state index >= 15 is 0 Å². The molecule has 2 aromatic carbocycles. The predicted octanol–water partition coefficient (Wildman–Crippen LogP) is 2.31. The van der Waals surface area contributed by atoms with Crippen LogP contribution >= 0.6 is 0 Å². The van der Waals surface area contributed by atoms with E-state index in [9.17, 15) is 4.79 Å². The van der Waals surface area contributed by atoms with Crippen LogP contribution in [0.5, 0.6) is 17.2 Å². The number of morpholine rings is 1. The normalized spacial score (nSPS) is 14.0. The Labute approximate surface area is 170 Å². The molecule has 3 rings (SSSR count). The van der Waals surface area contributed by atoms with E-state index in [1.807, 2.05) is 24.3 Å². The second-order valence-electron chi connectivity index (χ2n) is 6.30. The molecule has 0 saturated carbocycles. The zero-order chi connectivity index (χ0) is 20.6. The van der Waals surface area contributed by atoms with Gasteiger partial charge in [0.1, 0.15) is 0 Å². The van der Waals surface area contributed by atoms with Crippen LogP contribution in [0.15, 0.2) is 41.5 Å². The lowest BCUT2D eigenvalue weighted by Crippen LogP contribution is -2.36. The molecule has 0 bridgehead atoms. The van der Waals surface area contributed by atoms with Crippen molar-refractivity contribution >= 4 is 17.8 Å². The Morgan fingerprint density at radius 3 is 2.21 bits per heavy atom. The number of nitrogens with zero attached hydrogens (tertiary/aromatic N) is 2. The average Bonchev–Trinajstić information content (AvgIpc) is 2.78. The highest BCUT2D eigenvalue weighted by Crippen LogP contribution is 2.38. The fourth-order valence-electron chi connectivity index (χ4n) is 3.03. The number of benzene rings is 2. The molecular formula is C21H25N3O5. The van der Waals surface area contributed by atoms with Crippen LogP contribution in [0.4, 0.5) is 5.69 Å². The molecule has 8 heteroatoms.